The summed E-state index contributed by atoms with van der Waals surface area (Å²) in [5.74, 6) is -0.180. The van der Waals surface area contributed by atoms with Gasteiger partial charge in [-0.25, -0.2) is 14.2 Å². The summed E-state index contributed by atoms with van der Waals surface area (Å²) >= 11 is 1.36. The van der Waals surface area contributed by atoms with E-state index in [2.05, 4.69) is 15.6 Å². The molecule has 8 heteroatoms. The van der Waals surface area contributed by atoms with Gasteiger partial charge in [-0.15, -0.1) is 11.3 Å². The Balaban J connectivity index is 1.31. The maximum absolute atomic E-state index is 13.3. The average molecular weight is 360 g/mol. The van der Waals surface area contributed by atoms with Gasteiger partial charge in [0.05, 0.1) is 12.1 Å². The number of hydrogen-bond acceptors (Lipinski definition) is 4. The minimum Gasteiger partial charge on any atom is -0.352 e. The zero-order valence-corrected chi connectivity index (χ0v) is 14.2. The predicted molar refractivity (Wildman–Crippen MR) is 92.3 cm³/mol. The lowest BCUT2D eigenvalue weighted by molar-refractivity contribution is -0.120. The SMILES string of the molecule is O=C(Cc1csc(N2CCNC2=O)n1)N[C@H]1C[C@H]1c1cccc(F)c1. The van der Waals surface area contributed by atoms with Crippen LogP contribution in [0.5, 0.6) is 0 Å². The molecule has 2 aliphatic rings. The summed E-state index contributed by atoms with van der Waals surface area (Å²) in [7, 11) is 0. The van der Waals surface area contributed by atoms with E-state index in [0.717, 1.165) is 12.0 Å². The Morgan fingerprint density at radius 1 is 1.48 bits per heavy atom. The third kappa shape index (κ3) is 3.48. The van der Waals surface area contributed by atoms with Crippen molar-refractivity contribution in [3.05, 3.63) is 46.7 Å². The van der Waals surface area contributed by atoms with Crippen LogP contribution < -0.4 is 15.5 Å². The third-order valence-electron chi connectivity index (χ3n) is 4.38. The number of anilines is 1. The number of halogens is 1. The van der Waals surface area contributed by atoms with Crippen LogP contribution in [0.4, 0.5) is 14.3 Å². The van der Waals surface area contributed by atoms with Gasteiger partial charge in [0.2, 0.25) is 5.91 Å². The highest BCUT2D eigenvalue weighted by Crippen LogP contribution is 2.40. The summed E-state index contributed by atoms with van der Waals surface area (Å²) in [5.41, 5.74) is 1.57. The van der Waals surface area contributed by atoms with E-state index in [1.165, 1.54) is 23.5 Å². The third-order valence-corrected chi connectivity index (χ3v) is 5.30. The predicted octanol–water partition coefficient (Wildman–Crippen LogP) is 2.03. The van der Waals surface area contributed by atoms with Crippen molar-refractivity contribution in [2.75, 3.05) is 18.0 Å². The molecular formula is C17H17FN4O2S. The van der Waals surface area contributed by atoms with Crippen molar-refractivity contribution in [2.45, 2.75) is 24.8 Å². The van der Waals surface area contributed by atoms with E-state index in [4.69, 9.17) is 0 Å². The molecule has 2 fully saturated rings. The van der Waals surface area contributed by atoms with Crippen LogP contribution in [0.2, 0.25) is 0 Å². The molecule has 6 nitrogen and oxygen atoms in total. The summed E-state index contributed by atoms with van der Waals surface area (Å²) in [5, 5.41) is 8.11. The molecule has 0 bridgehead atoms. The lowest BCUT2D eigenvalue weighted by Crippen LogP contribution is -2.29. The van der Waals surface area contributed by atoms with Crippen molar-refractivity contribution in [3.63, 3.8) is 0 Å². The molecule has 2 heterocycles. The fourth-order valence-corrected chi connectivity index (χ4v) is 3.89. The van der Waals surface area contributed by atoms with E-state index >= 15 is 0 Å². The van der Waals surface area contributed by atoms with Gasteiger partial charge >= 0.3 is 6.03 Å². The van der Waals surface area contributed by atoms with Gasteiger partial charge in [0, 0.05) is 30.4 Å². The van der Waals surface area contributed by atoms with Gasteiger partial charge in [0.15, 0.2) is 5.13 Å². The van der Waals surface area contributed by atoms with Crippen LogP contribution in [0.3, 0.4) is 0 Å². The lowest BCUT2D eigenvalue weighted by atomic mass is 10.1. The molecule has 1 aliphatic heterocycles. The van der Waals surface area contributed by atoms with Crippen molar-refractivity contribution in [1.29, 1.82) is 0 Å². The summed E-state index contributed by atoms with van der Waals surface area (Å²) in [6.45, 7) is 1.20. The Labute approximate surface area is 148 Å². The molecule has 1 aliphatic carbocycles. The highest BCUT2D eigenvalue weighted by atomic mass is 32.1. The number of amides is 3. The molecule has 1 saturated carbocycles. The molecule has 2 aromatic rings. The summed E-state index contributed by atoms with van der Waals surface area (Å²) < 4.78 is 13.3. The molecule has 0 radical (unpaired) electrons. The first-order valence-electron chi connectivity index (χ1n) is 8.15. The van der Waals surface area contributed by atoms with Gasteiger partial charge in [-0.05, 0) is 24.1 Å². The Bertz CT molecular complexity index is 824. The number of thiazole rings is 1. The second-order valence-corrected chi connectivity index (χ2v) is 7.09. The van der Waals surface area contributed by atoms with Crippen molar-refractivity contribution in [2.24, 2.45) is 0 Å². The van der Waals surface area contributed by atoms with Crippen molar-refractivity contribution < 1.29 is 14.0 Å². The van der Waals surface area contributed by atoms with Gasteiger partial charge in [-0.3, -0.25) is 9.69 Å². The van der Waals surface area contributed by atoms with Crippen LogP contribution >= 0.6 is 11.3 Å². The van der Waals surface area contributed by atoms with Gasteiger partial charge in [-0.1, -0.05) is 12.1 Å². The second kappa shape index (κ2) is 6.44. The minimum atomic E-state index is -0.254. The van der Waals surface area contributed by atoms with E-state index in [-0.39, 0.29) is 36.1 Å². The molecule has 0 spiro atoms. The quantitative estimate of drug-likeness (QED) is 0.857. The van der Waals surface area contributed by atoms with E-state index < -0.39 is 0 Å². The van der Waals surface area contributed by atoms with E-state index in [1.807, 2.05) is 6.07 Å². The highest BCUT2D eigenvalue weighted by molar-refractivity contribution is 7.14. The Morgan fingerprint density at radius 3 is 3.12 bits per heavy atom. The van der Waals surface area contributed by atoms with Gasteiger partial charge in [0.25, 0.3) is 0 Å². The van der Waals surface area contributed by atoms with E-state index in [9.17, 15) is 14.0 Å². The summed E-state index contributed by atoms with van der Waals surface area (Å²) in [4.78, 5) is 29.8. The maximum atomic E-state index is 13.3. The molecule has 3 amide bonds. The van der Waals surface area contributed by atoms with E-state index in [0.29, 0.717) is 23.9 Å². The topological polar surface area (TPSA) is 74.3 Å². The van der Waals surface area contributed by atoms with Crippen molar-refractivity contribution >= 4 is 28.4 Å². The number of benzene rings is 1. The zero-order valence-electron chi connectivity index (χ0n) is 13.4. The number of rotatable bonds is 5. The van der Waals surface area contributed by atoms with Gasteiger partial charge in [-0.2, -0.15) is 0 Å². The van der Waals surface area contributed by atoms with Crippen molar-refractivity contribution in [1.82, 2.24) is 15.6 Å². The Kier molecular flexibility index (Phi) is 4.12. The van der Waals surface area contributed by atoms with E-state index in [1.54, 1.807) is 16.3 Å². The normalized spacial score (nSPS) is 22.0. The molecule has 1 saturated heterocycles. The fourth-order valence-electron chi connectivity index (χ4n) is 3.04. The largest absolute Gasteiger partial charge is 0.352 e. The van der Waals surface area contributed by atoms with Gasteiger partial charge in [0.1, 0.15) is 5.82 Å². The first-order chi connectivity index (χ1) is 12.1. The summed E-state index contributed by atoms with van der Waals surface area (Å²) in [6, 6.07) is 6.41. The molecular weight excluding hydrogens is 343 g/mol. The average Bonchev–Trinajstić information content (AvgIpc) is 2.97. The molecule has 1 aromatic carbocycles. The van der Waals surface area contributed by atoms with Crippen LogP contribution in [0.1, 0.15) is 23.6 Å². The smallest absolute Gasteiger partial charge is 0.323 e. The van der Waals surface area contributed by atoms with Crippen LogP contribution in [0, 0.1) is 5.82 Å². The monoisotopic (exact) mass is 360 g/mol. The first kappa shape index (κ1) is 16.0. The standard InChI is InChI=1S/C17H17FN4O2S/c18-11-3-1-2-10(6-11)13-8-14(13)21-15(23)7-12-9-25-17(20-12)22-5-4-19-16(22)24/h1-3,6,9,13-14H,4-5,7-8H2,(H,19,24)(H,21,23)/t13-,14-/m0/s1. The first-order valence-corrected chi connectivity index (χ1v) is 9.03. The summed E-state index contributed by atoms with van der Waals surface area (Å²) in [6.07, 6.45) is 1.00. The molecule has 0 unspecified atom stereocenters. The second-order valence-electron chi connectivity index (χ2n) is 6.25. The Morgan fingerprint density at radius 2 is 2.36 bits per heavy atom. The van der Waals surface area contributed by atoms with Crippen molar-refractivity contribution in [3.8, 4) is 0 Å². The van der Waals surface area contributed by atoms with Crippen LogP contribution in [0.15, 0.2) is 29.6 Å². The highest BCUT2D eigenvalue weighted by Gasteiger charge is 2.39. The zero-order chi connectivity index (χ0) is 17.4. The number of aromatic nitrogens is 1. The van der Waals surface area contributed by atoms with Crippen LogP contribution in [-0.4, -0.2) is 36.1 Å². The minimum absolute atomic E-state index is 0.0526. The van der Waals surface area contributed by atoms with Gasteiger partial charge < -0.3 is 10.6 Å². The molecule has 4 rings (SSSR count). The number of urea groups is 1. The molecule has 1 aromatic heterocycles. The molecule has 2 N–H and O–H groups in total. The number of nitrogens with one attached hydrogen (secondary N) is 2. The van der Waals surface area contributed by atoms with Crippen LogP contribution in [0.25, 0.3) is 0 Å². The molecule has 130 valence electrons. The fraction of sp³-hybridized carbons (Fsp3) is 0.353. The number of hydrogen-bond donors (Lipinski definition) is 2. The molecule has 25 heavy (non-hydrogen) atoms. The number of nitrogens with zero attached hydrogens (tertiary/aromatic N) is 2. The molecule has 2 atom stereocenters. The number of carbonyl (C=O) groups excluding carboxylic acids is 2. The number of carbonyl (C=O) groups is 2. The Hall–Kier alpha value is -2.48. The maximum Gasteiger partial charge on any atom is 0.323 e. The van der Waals surface area contributed by atoms with Crippen LogP contribution in [-0.2, 0) is 11.2 Å². The lowest BCUT2D eigenvalue weighted by Gasteiger charge is -2.08.